The average Bonchev–Trinajstić information content (AvgIpc) is 3.10. The highest BCUT2D eigenvalue weighted by molar-refractivity contribution is 4.78. The van der Waals surface area contributed by atoms with Crippen LogP contribution in [0.2, 0.25) is 0 Å². The van der Waals surface area contributed by atoms with Gasteiger partial charge in [-0.2, -0.15) is 0 Å². The third-order valence-electron chi connectivity index (χ3n) is 2.77. The molecule has 0 aliphatic heterocycles. The zero-order valence-electron chi connectivity index (χ0n) is 10.4. The maximum absolute atomic E-state index is 4.07. The second-order valence-electron chi connectivity index (χ2n) is 4.33. The van der Waals surface area contributed by atoms with Crippen molar-refractivity contribution >= 4 is 0 Å². The van der Waals surface area contributed by atoms with Crippen LogP contribution in [0.25, 0.3) is 0 Å². The van der Waals surface area contributed by atoms with E-state index in [0.717, 1.165) is 20.0 Å². The molecule has 0 bridgehead atoms. The Morgan fingerprint density at radius 1 is 0.632 bits per heavy atom. The van der Waals surface area contributed by atoms with Crippen LogP contribution < -0.4 is 0 Å². The van der Waals surface area contributed by atoms with Crippen LogP contribution in [0.3, 0.4) is 0 Å². The van der Waals surface area contributed by atoms with Gasteiger partial charge in [0, 0.05) is 37.2 Å². The van der Waals surface area contributed by atoms with Gasteiger partial charge in [0.25, 0.3) is 0 Å². The fourth-order valence-corrected chi connectivity index (χ4v) is 1.94. The minimum Gasteiger partial charge on any atom is -0.324 e. The molecule has 0 saturated carbocycles. The van der Waals surface area contributed by atoms with Crippen LogP contribution in [-0.4, -0.2) is 33.6 Å². The topological polar surface area (TPSA) is 56.7 Å². The number of hydrogen-bond acceptors (Lipinski definition) is 4. The van der Waals surface area contributed by atoms with E-state index in [1.54, 1.807) is 18.6 Å². The van der Waals surface area contributed by atoms with Gasteiger partial charge < -0.3 is 13.7 Å². The average molecular weight is 257 g/mol. The van der Waals surface area contributed by atoms with E-state index in [2.05, 4.69) is 19.9 Å². The Morgan fingerprint density at radius 2 is 1.00 bits per heavy atom. The van der Waals surface area contributed by atoms with Crippen LogP contribution in [-0.2, 0) is 20.0 Å². The van der Waals surface area contributed by atoms with E-state index >= 15 is 0 Å². The van der Waals surface area contributed by atoms with Crippen LogP contribution in [0.15, 0.2) is 56.2 Å². The van der Waals surface area contributed by atoms with Crippen molar-refractivity contribution in [3.63, 3.8) is 0 Å². The van der Waals surface area contributed by atoms with Gasteiger partial charge >= 0.3 is 0 Å². The van der Waals surface area contributed by atoms with E-state index in [4.69, 9.17) is 0 Å². The molecule has 7 heteroatoms. The summed E-state index contributed by atoms with van der Waals surface area (Å²) in [5.74, 6) is 0. The van der Waals surface area contributed by atoms with Gasteiger partial charge in [-0.25, -0.2) is 19.9 Å². The lowest BCUT2D eigenvalue weighted by Crippen LogP contribution is -2.29. The van der Waals surface area contributed by atoms with E-state index < -0.39 is 0 Å². The van der Waals surface area contributed by atoms with E-state index in [9.17, 15) is 0 Å². The molecule has 3 heterocycles. The third kappa shape index (κ3) is 3.08. The molecule has 0 atom stereocenters. The van der Waals surface area contributed by atoms with Crippen molar-refractivity contribution in [3.8, 4) is 0 Å². The van der Waals surface area contributed by atoms with E-state index in [-0.39, 0.29) is 0 Å². The van der Waals surface area contributed by atoms with E-state index in [1.807, 2.05) is 51.3 Å². The summed E-state index contributed by atoms with van der Waals surface area (Å²) in [5, 5.41) is 0. The SMILES string of the molecule is c1cn(CN(Cn2ccnc2)Cn2ccnc2)cn1. The van der Waals surface area contributed by atoms with Crippen LogP contribution in [0.1, 0.15) is 0 Å². The Kier molecular flexibility index (Phi) is 3.37. The van der Waals surface area contributed by atoms with E-state index in [0.29, 0.717) is 0 Å². The van der Waals surface area contributed by atoms with Crippen LogP contribution in [0, 0.1) is 0 Å². The molecule has 3 aromatic rings. The molecule has 19 heavy (non-hydrogen) atoms. The molecule has 3 rings (SSSR count). The summed E-state index contributed by atoms with van der Waals surface area (Å²) in [7, 11) is 0. The molecule has 7 nitrogen and oxygen atoms in total. The van der Waals surface area contributed by atoms with Crippen molar-refractivity contribution in [1.82, 2.24) is 33.6 Å². The molecular weight excluding hydrogens is 242 g/mol. The molecule has 0 amide bonds. The summed E-state index contributed by atoms with van der Waals surface area (Å²) in [6, 6.07) is 0. The molecule has 0 aliphatic rings. The van der Waals surface area contributed by atoms with Crippen molar-refractivity contribution < 1.29 is 0 Å². The molecule has 0 N–H and O–H groups in total. The zero-order chi connectivity index (χ0) is 12.9. The number of nitrogens with zero attached hydrogens (tertiary/aromatic N) is 7. The summed E-state index contributed by atoms with van der Waals surface area (Å²) in [6.07, 6.45) is 16.7. The smallest absolute Gasteiger partial charge is 0.0957 e. The molecule has 0 aromatic carbocycles. The molecule has 0 saturated heterocycles. The first-order valence-electron chi connectivity index (χ1n) is 6.00. The zero-order valence-corrected chi connectivity index (χ0v) is 10.4. The minimum absolute atomic E-state index is 0.760. The summed E-state index contributed by atoms with van der Waals surface area (Å²) in [5.41, 5.74) is 0. The van der Waals surface area contributed by atoms with Gasteiger partial charge in [0.15, 0.2) is 0 Å². The van der Waals surface area contributed by atoms with E-state index in [1.165, 1.54) is 0 Å². The number of imidazole rings is 3. The molecule has 0 radical (unpaired) electrons. The van der Waals surface area contributed by atoms with Crippen molar-refractivity contribution in [2.75, 3.05) is 0 Å². The van der Waals surface area contributed by atoms with Gasteiger partial charge in [-0.3, -0.25) is 0 Å². The minimum atomic E-state index is 0.760. The van der Waals surface area contributed by atoms with Gasteiger partial charge in [-0.05, 0) is 0 Å². The lowest BCUT2D eigenvalue weighted by atomic mass is 10.6. The molecular formula is C12H15N7. The van der Waals surface area contributed by atoms with Gasteiger partial charge in [-0.15, -0.1) is 0 Å². The summed E-state index contributed by atoms with van der Waals surface area (Å²) >= 11 is 0. The van der Waals surface area contributed by atoms with Crippen molar-refractivity contribution in [3.05, 3.63) is 56.2 Å². The van der Waals surface area contributed by atoms with Crippen LogP contribution >= 0.6 is 0 Å². The fourth-order valence-electron chi connectivity index (χ4n) is 1.94. The Morgan fingerprint density at radius 3 is 1.26 bits per heavy atom. The van der Waals surface area contributed by atoms with Gasteiger partial charge in [0.2, 0.25) is 0 Å². The molecule has 0 unspecified atom stereocenters. The Hall–Kier alpha value is -2.41. The molecule has 0 spiro atoms. The van der Waals surface area contributed by atoms with Crippen molar-refractivity contribution in [1.29, 1.82) is 0 Å². The monoisotopic (exact) mass is 257 g/mol. The van der Waals surface area contributed by atoms with Crippen molar-refractivity contribution in [2.24, 2.45) is 0 Å². The predicted molar refractivity (Wildman–Crippen MR) is 68.5 cm³/mol. The number of rotatable bonds is 6. The van der Waals surface area contributed by atoms with Crippen LogP contribution in [0.4, 0.5) is 0 Å². The Labute approximate surface area is 110 Å². The predicted octanol–water partition coefficient (Wildman–Crippen LogP) is 0.851. The third-order valence-corrected chi connectivity index (χ3v) is 2.77. The number of aromatic nitrogens is 6. The first kappa shape index (κ1) is 11.7. The van der Waals surface area contributed by atoms with Crippen LogP contribution in [0.5, 0.6) is 0 Å². The second kappa shape index (κ2) is 5.49. The highest BCUT2D eigenvalue weighted by Crippen LogP contribution is 2.02. The molecule has 3 aromatic heterocycles. The lowest BCUT2D eigenvalue weighted by Gasteiger charge is -2.23. The summed E-state index contributed by atoms with van der Waals surface area (Å²) in [4.78, 5) is 14.5. The number of hydrogen-bond donors (Lipinski definition) is 0. The molecule has 98 valence electrons. The lowest BCUT2D eigenvalue weighted by molar-refractivity contribution is 0.127. The first-order chi connectivity index (χ1) is 9.40. The summed E-state index contributed by atoms with van der Waals surface area (Å²) in [6.45, 7) is 2.28. The highest BCUT2D eigenvalue weighted by Gasteiger charge is 2.06. The highest BCUT2D eigenvalue weighted by atomic mass is 15.4. The molecule has 0 aliphatic carbocycles. The summed E-state index contributed by atoms with van der Waals surface area (Å²) < 4.78 is 6.11. The van der Waals surface area contributed by atoms with Gasteiger partial charge in [0.05, 0.1) is 39.0 Å². The standard InChI is InChI=1S/C12H15N7/c1-4-16(7-13-1)10-19(11-17-5-2-14-8-17)12-18-6-3-15-9-18/h1-9H,10-12H2. The Balaban J connectivity index is 1.70. The largest absolute Gasteiger partial charge is 0.324 e. The quantitative estimate of drug-likeness (QED) is 0.657. The maximum atomic E-state index is 4.07. The van der Waals surface area contributed by atoms with Crippen molar-refractivity contribution in [2.45, 2.75) is 20.0 Å². The second-order valence-corrected chi connectivity index (χ2v) is 4.33. The Bertz CT molecular complexity index is 481. The first-order valence-corrected chi connectivity index (χ1v) is 6.00. The normalized spacial score (nSPS) is 11.2. The molecule has 0 fully saturated rings. The van der Waals surface area contributed by atoms with Gasteiger partial charge in [-0.1, -0.05) is 0 Å². The fraction of sp³-hybridized carbons (Fsp3) is 0.250. The maximum Gasteiger partial charge on any atom is 0.0957 e. The van der Waals surface area contributed by atoms with Gasteiger partial charge in [0.1, 0.15) is 0 Å².